The lowest BCUT2D eigenvalue weighted by molar-refractivity contribution is -0.298. The maximum absolute atomic E-state index is 14.8. The molecule has 0 spiro atoms. The number of fused-ring (bicyclic) bond motifs is 1. The van der Waals surface area contributed by atoms with Crippen LogP contribution in [0.3, 0.4) is 0 Å². The van der Waals surface area contributed by atoms with Gasteiger partial charge in [0, 0.05) is 42.6 Å². The van der Waals surface area contributed by atoms with Crippen LogP contribution in [0.1, 0.15) is 81.6 Å². The standard InChI is InChI=1S/C42H63NO13S/c1-15-31-42(9)32(36(39(48)56-42)57-27-16-17-29(49-12)30(19-27)50-13)23(4)33(45)21(2)20-41(8,51-14)37(24(5)34(46)25(6)38(47)54-31)55-40-35(53-26(7)44)28(43(10)11)18-22(3)52-40/h16-17,19,21-25,28,31-32,35-37,40H,15,18,20H2,1-14H3/t21-,22-,23-,24+,25-,28+,31-,32+,35-,36+,37-,40+,41-,42-/m1/s1. The molecule has 3 aliphatic heterocycles. The lowest BCUT2D eigenvalue weighted by Gasteiger charge is -2.47. The van der Waals surface area contributed by atoms with E-state index in [4.69, 9.17) is 37.9 Å². The Hall–Kier alpha value is -3.24. The van der Waals surface area contributed by atoms with Crippen molar-refractivity contribution in [1.82, 2.24) is 4.90 Å². The monoisotopic (exact) mass is 821 g/mol. The highest BCUT2D eigenvalue weighted by Gasteiger charge is 2.62. The molecule has 1 aromatic carbocycles. The number of cyclic esters (lactones) is 1. The van der Waals surface area contributed by atoms with E-state index >= 15 is 0 Å². The number of hydrogen-bond acceptors (Lipinski definition) is 15. The number of ketones is 2. The van der Waals surface area contributed by atoms with Gasteiger partial charge in [0.15, 0.2) is 35.3 Å². The van der Waals surface area contributed by atoms with Gasteiger partial charge in [0.25, 0.3) is 0 Å². The second-order valence-electron chi connectivity index (χ2n) is 16.5. The molecule has 3 saturated heterocycles. The number of carbonyl (C=O) groups excluding carboxylic acids is 5. The summed E-state index contributed by atoms with van der Waals surface area (Å²) in [7, 11) is 8.28. The van der Waals surface area contributed by atoms with Crippen molar-refractivity contribution in [3.63, 3.8) is 0 Å². The number of likely N-dealkylation sites (N-methyl/N-ethyl adjacent to an activating group) is 1. The topological polar surface area (TPSA) is 162 Å². The molecule has 1 aromatic rings. The number of thioether (sulfide) groups is 1. The van der Waals surface area contributed by atoms with Crippen LogP contribution in [0, 0.1) is 29.6 Å². The highest BCUT2D eigenvalue weighted by Crippen LogP contribution is 2.51. The van der Waals surface area contributed by atoms with Gasteiger partial charge >= 0.3 is 17.9 Å². The molecule has 3 heterocycles. The number of esters is 3. The van der Waals surface area contributed by atoms with Crippen LogP contribution in [0.2, 0.25) is 0 Å². The minimum atomic E-state index is -1.43. The third-order valence-electron chi connectivity index (χ3n) is 12.2. The third-order valence-corrected chi connectivity index (χ3v) is 13.5. The molecular formula is C42H63NO13S. The van der Waals surface area contributed by atoms with Crippen molar-refractivity contribution in [2.75, 3.05) is 35.4 Å². The maximum Gasteiger partial charge on any atom is 0.320 e. The molecule has 0 aliphatic carbocycles. The van der Waals surface area contributed by atoms with Crippen molar-refractivity contribution in [3.8, 4) is 11.5 Å². The number of hydrogen-bond donors (Lipinski definition) is 0. The molecule has 3 fully saturated rings. The van der Waals surface area contributed by atoms with Crippen molar-refractivity contribution < 1.29 is 61.9 Å². The summed E-state index contributed by atoms with van der Waals surface area (Å²) in [5, 5.41) is -0.878. The number of ether oxygens (including phenoxy) is 8. The fourth-order valence-electron chi connectivity index (χ4n) is 9.04. The minimum absolute atomic E-state index is 0.0916. The lowest BCUT2D eigenvalue weighted by atomic mass is 9.70. The summed E-state index contributed by atoms with van der Waals surface area (Å²) in [5.41, 5.74) is -2.75. The van der Waals surface area contributed by atoms with E-state index in [0.29, 0.717) is 22.8 Å². The van der Waals surface area contributed by atoms with Gasteiger partial charge in [-0.1, -0.05) is 27.7 Å². The second kappa shape index (κ2) is 18.8. The number of Topliss-reactive ketones (excluding diaryl/α,β-unsaturated/α-hetero) is 2. The first-order valence-corrected chi connectivity index (χ1v) is 20.6. The molecule has 320 valence electrons. The van der Waals surface area contributed by atoms with Gasteiger partial charge in [0.2, 0.25) is 0 Å². The number of carbonyl (C=O) groups is 5. The first-order chi connectivity index (χ1) is 26.7. The smallest absolute Gasteiger partial charge is 0.320 e. The molecular weight excluding hydrogens is 759 g/mol. The van der Waals surface area contributed by atoms with E-state index < -0.39 is 94.3 Å². The molecule has 14 atom stereocenters. The number of rotatable bonds is 10. The molecule has 0 amide bonds. The molecule has 4 rings (SSSR count). The Morgan fingerprint density at radius 2 is 1.58 bits per heavy atom. The van der Waals surface area contributed by atoms with E-state index in [-0.39, 0.29) is 30.8 Å². The van der Waals surface area contributed by atoms with Gasteiger partial charge in [0.05, 0.1) is 38.1 Å². The zero-order valence-electron chi connectivity index (χ0n) is 35.9. The zero-order chi connectivity index (χ0) is 42.7. The normalized spacial score (nSPS) is 38.2. The van der Waals surface area contributed by atoms with Crippen molar-refractivity contribution in [3.05, 3.63) is 18.2 Å². The van der Waals surface area contributed by atoms with Crippen LogP contribution in [0.5, 0.6) is 11.5 Å². The van der Waals surface area contributed by atoms with Crippen molar-refractivity contribution in [2.24, 2.45) is 29.6 Å². The number of benzene rings is 1. The average molecular weight is 822 g/mol. The summed E-state index contributed by atoms with van der Waals surface area (Å²) >= 11 is 1.23. The van der Waals surface area contributed by atoms with Crippen LogP contribution < -0.4 is 9.47 Å². The first kappa shape index (κ1) is 46.4. The highest BCUT2D eigenvalue weighted by atomic mass is 32.2. The van der Waals surface area contributed by atoms with Crippen LogP contribution in [-0.2, 0) is 52.4 Å². The van der Waals surface area contributed by atoms with Gasteiger partial charge in [-0.2, -0.15) is 0 Å². The summed E-state index contributed by atoms with van der Waals surface area (Å²) in [6.07, 6.45) is -3.49. The van der Waals surface area contributed by atoms with E-state index in [9.17, 15) is 24.0 Å². The van der Waals surface area contributed by atoms with Gasteiger partial charge < -0.3 is 42.8 Å². The number of nitrogens with zero attached hydrogens (tertiary/aromatic N) is 1. The zero-order valence-corrected chi connectivity index (χ0v) is 36.8. The lowest BCUT2D eigenvalue weighted by Crippen LogP contribution is -2.60. The predicted octanol–water partition coefficient (Wildman–Crippen LogP) is 5.29. The summed E-state index contributed by atoms with van der Waals surface area (Å²) in [4.78, 5) is 72.3. The van der Waals surface area contributed by atoms with Gasteiger partial charge in [-0.15, -0.1) is 11.8 Å². The summed E-state index contributed by atoms with van der Waals surface area (Å²) in [5.74, 6) is -6.06. The molecule has 14 nitrogen and oxygen atoms in total. The summed E-state index contributed by atoms with van der Waals surface area (Å²) in [6, 6.07) is 5.01. The van der Waals surface area contributed by atoms with Crippen molar-refractivity contribution in [2.45, 2.75) is 140 Å². The molecule has 0 saturated carbocycles. The highest BCUT2D eigenvalue weighted by molar-refractivity contribution is 8.00. The fourth-order valence-corrected chi connectivity index (χ4v) is 10.4. The number of methoxy groups -OCH3 is 3. The van der Waals surface area contributed by atoms with Crippen LogP contribution in [0.15, 0.2) is 23.1 Å². The molecule has 15 heteroatoms. The Morgan fingerprint density at radius 1 is 0.930 bits per heavy atom. The Bertz CT molecular complexity index is 1640. The fraction of sp³-hybridized carbons (Fsp3) is 0.738. The van der Waals surface area contributed by atoms with E-state index in [1.54, 1.807) is 59.7 Å². The average Bonchev–Trinajstić information content (AvgIpc) is 3.42. The van der Waals surface area contributed by atoms with E-state index in [2.05, 4.69) is 0 Å². The summed E-state index contributed by atoms with van der Waals surface area (Å²) in [6.45, 7) is 15.2. The molecule has 0 unspecified atom stereocenters. The van der Waals surface area contributed by atoms with Gasteiger partial charge in [0.1, 0.15) is 23.1 Å². The minimum Gasteiger partial charge on any atom is -0.493 e. The molecule has 0 N–H and O–H groups in total. The Morgan fingerprint density at radius 3 is 2.14 bits per heavy atom. The maximum atomic E-state index is 14.8. The predicted molar refractivity (Wildman–Crippen MR) is 211 cm³/mol. The van der Waals surface area contributed by atoms with Gasteiger partial charge in [-0.3, -0.25) is 24.0 Å². The molecule has 0 radical (unpaired) electrons. The van der Waals surface area contributed by atoms with Crippen LogP contribution in [-0.4, -0.2) is 123 Å². The molecule has 57 heavy (non-hydrogen) atoms. The first-order valence-electron chi connectivity index (χ1n) is 19.8. The molecule has 0 bridgehead atoms. The van der Waals surface area contributed by atoms with Gasteiger partial charge in [-0.25, -0.2) is 0 Å². The Kier molecular flexibility index (Phi) is 15.3. The van der Waals surface area contributed by atoms with Crippen LogP contribution in [0.4, 0.5) is 0 Å². The largest absolute Gasteiger partial charge is 0.493 e. The molecule has 3 aliphatic rings. The van der Waals surface area contributed by atoms with E-state index in [1.165, 1.54) is 46.9 Å². The van der Waals surface area contributed by atoms with E-state index in [1.807, 2.05) is 25.9 Å². The third kappa shape index (κ3) is 9.64. The van der Waals surface area contributed by atoms with Gasteiger partial charge in [-0.05, 0) is 79.3 Å². The SMILES string of the molecule is CC[C@H]1OC(=O)[C@H](C)C(=O)[C@H](C)[C@@H](O[C@@H]2O[C@H](C)C[C@H](N(C)C)[C@H]2OC(C)=O)[C@](C)(OC)C[C@@H](C)C(=O)[C@H](C)[C@H]2[C@H](Sc3ccc(OC)c(OC)c3)C(=O)O[C@@]21C. The molecule has 0 aromatic heterocycles. The second-order valence-corrected chi connectivity index (χ2v) is 17.7. The van der Waals surface area contributed by atoms with Crippen molar-refractivity contribution in [1.29, 1.82) is 0 Å². The Labute approximate surface area is 341 Å². The quantitative estimate of drug-likeness (QED) is 0.170. The van der Waals surface area contributed by atoms with Crippen LogP contribution in [0.25, 0.3) is 0 Å². The summed E-state index contributed by atoms with van der Waals surface area (Å²) < 4.78 is 48.4. The van der Waals surface area contributed by atoms with Crippen LogP contribution >= 0.6 is 11.8 Å². The van der Waals surface area contributed by atoms with E-state index in [0.717, 1.165) is 0 Å². The Balaban J connectivity index is 1.82. The van der Waals surface area contributed by atoms with Crippen molar-refractivity contribution >= 4 is 41.2 Å².